The maximum atomic E-state index is 12.5. The van der Waals surface area contributed by atoms with Crippen LogP contribution in [0, 0.1) is 11.8 Å². The van der Waals surface area contributed by atoms with Crippen molar-refractivity contribution in [2.24, 2.45) is 11.8 Å². The predicted molar refractivity (Wildman–Crippen MR) is 96.6 cm³/mol. The van der Waals surface area contributed by atoms with Gasteiger partial charge in [0.2, 0.25) is 5.91 Å². The van der Waals surface area contributed by atoms with Gasteiger partial charge in [-0.05, 0) is 31.0 Å². The van der Waals surface area contributed by atoms with Gasteiger partial charge in [0.1, 0.15) is 5.75 Å². The average molecular weight is 376 g/mol. The minimum Gasteiger partial charge on any atom is -0.382 e. The van der Waals surface area contributed by atoms with E-state index >= 15 is 0 Å². The van der Waals surface area contributed by atoms with E-state index in [1.165, 1.54) is 13.0 Å². The smallest absolute Gasteiger partial charge is 0.308 e. The average Bonchev–Trinajstić information content (AvgIpc) is 2.47. The minimum absolute atomic E-state index is 0.00738. The molecule has 0 N–H and O–H groups in total. The van der Waals surface area contributed by atoms with E-state index in [2.05, 4.69) is 0 Å². The number of carbonyl (C=O) groups excluding carboxylic acids is 1. The van der Waals surface area contributed by atoms with Crippen LogP contribution < -0.4 is 4.18 Å². The second-order valence-corrected chi connectivity index (χ2v) is 8.74. The zero-order valence-electron chi connectivity index (χ0n) is 14.9. The van der Waals surface area contributed by atoms with E-state index in [-0.39, 0.29) is 35.8 Å². The van der Waals surface area contributed by atoms with Gasteiger partial charge in [-0.25, -0.2) is 0 Å². The van der Waals surface area contributed by atoms with E-state index in [0.717, 1.165) is 0 Å². The van der Waals surface area contributed by atoms with Crippen LogP contribution in [0.3, 0.4) is 0 Å². The Morgan fingerprint density at radius 3 is 2.38 bits per heavy atom. The highest BCUT2D eigenvalue weighted by Gasteiger charge is 2.21. The number of hydrogen-bond donors (Lipinski definition) is 0. The molecule has 0 atom stereocenters. The van der Waals surface area contributed by atoms with Gasteiger partial charge in [0, 0.05) is 29.6 Å². The third kappa shape index (κ3) is 6.32. The number of hydrogen-bond acceptors (Lipinski definition) is 4. The Hall–Kier alpha value is -1.27. The van der Waals surface area contributed by atoms with E-state index in [1.807, 2.05) is 27.7 Å². The Balaban J connectivity index is 3.17. The third-order valence-electron chi connectivity index (χ3n) is 3.35. The van der Waals surface area contributed by atoms with E-state index in [4.69, 9.17) is 15.8 Å². The molecule has 0 saturated carbocycles. The van der Waals surface area contributed by atoms with E-state index in [0.29, 0.717) is 17.1 Å². The van der Waals surface area contributed by atoms with Gasteiger partial charge in [-0.1, -0.05) is 39.3 Å². The van der Waals surface area contributed by atoms with Crippen molar-refractivity contribution in [3.63, 3.8) is 0 Å². The van der Waals surface area contributed by atoms with Crippen LogP contribution in [0.1, 0.15) is 40.2 Å². The van der Waals surface area contributed by atoms with Crippen LogP contribution in [0.25, 0.3) is 0 Å². The monoisotopic (exact) mass is 375 g/mol. The molecule has 5 nitrogen and oxygen atoms in total. The summed E-state index contributed by atoms with van der Waals surface area (Å²) >= 11 is 6.04. The summed E-state index contributed by atoms with van der Waals surface area (Å²) in [5, 5.41) is 0.465. The zero-order chi connectivity index (χ0) is 18.5. The lowest BCUT2D eigenvalue weighted by Crippen LogP contribution is -2.36. The van der Waals surface area contributed by atoms with Crippen LogP contribution in [0.15, 0.2) is 18.2 Å². The molecule has 0 aliphatic heterocycles. The summed E-state index contributed by atoms with van der Waals surface area (Å²) in [6.45, 7) is 10.1. The molecule has 1 aromatic carbocycles. The van der Waals surface area contributed by atoms with Gasteiger partial charge in [-0.2, -0.15) is 8.42 Å². The molecule has 0 aromatic heterocycles. The predicted octanol–water partition coefficient (Wildman–Crippen LogP) is 3.71. The molecule has 0 aliphatic rings. The Morgan fingerprint density at radius 1 is 1.25 bits per heavy atom. The molecule has 0 fully saturated rings. The van der Waals surface area contributed by atoms with Crippen molar-refractivity contribution in [3.05, 3.63) is 28.8 Å². The van der Waals surface area contributed by atoms with Crippen molar-refractivity contribution in [1.82, 2.24) is 4.90 Å². The molecule has 1 amide bonds. The van der Waals surface area contributed by atoms with Crippen molar-refractivity contribution in [2.75, 3.05) is 12.3 Å². The molecule has 7 heteroatoms. The summed E-state index contributed by atoms with van der Waals surface area (Å²) < 4.78 is 28.7. The van der Waals surface area contributed by atoms with Crippen molar-refractivity contribution in [2.45, 2.75) is 41.2 Å². The molecule has 136 valence electrons. The highest BCUT2D eigenvalue weighted by molar-refractivity contribution is 7.87. The summed E-state index contributed by atoms with van der Waals surface area (Å²) in [6, 6.07) is 4.74. The molecule has 24 heavy (non-hydrogen) atoms. The summed E-state index contributed by atoms with van der Waals surface area (Å²) in [5.74, 6) is 0.234. The molecule has 1 aromatic rings. The summed E-state index contributed by atoms with van der Waals surface area (Å²) in [6.07, 6.45) is 0. The van der Waals surface area contributed by atoms with Crippen LogP contribution >= 0.6 is 11.6 Å². The molecule has 0 spiro atoms. The molecule has 0 unspecified atom stereocenters. The lowest BCUT2D eigenvalue weighted by atomic mass is 10.1. The first-order valence-electron chi connectivity index (χ1n) is 8.05. The Labute approximate surface area is 150 Å². The van der Waals surface area contributed by atoms with Crippen LogP contribution in [-0.2, 0) is 21.5 Å². The summed E-state index contributed by atoms with van der Waals surface area (Å²) in [4.78, 5) is 14.2. The number of carbonyl (C=O) groups is 1. The minimum atomic E-state index is -3.65. The molecule has 0 radical (unpaired) electrons. The van der Waals surface area contributed by atoms with E-state index in [9.17, 15) is 13.2 Å². The molecule has 0 saturated heterocycles. The maximum absolute atomic E-state index is 12.5. The topological polar surface area (TPSA) is 63.7 Å². The van der Waals surface area contributed by atoms with Crippen LogP contribution in [-0.4, -0.2) is 31.5 Å². The van der Waals surface area contributed by atoms with Gasteiger partial charge in [-0.15, -0.1) is 0 Å². The molecule has 0 bridgehead atoms. The summed E-state index contributed by atoms with van der Waals surface area (Å²) in [5.41, 5.74) is 0.578. The first-order valence-corrected chi connectivity index (χ1v) is 10.0. The molecule has 0 heterocycles. The number of nitrogens with zero attached hydrogens (tertiary/aromatic N) is 1. The largest absolute Gasteiger partial charge is 0.382 e. The Morgan fingerprint density at radius 2 is 1.88 bits per heavy atom. The highest BCUT2D eigenvalue weighted by Crippen LogP contribution is 2.26. The standard InChI is InChI=1S/C17H26ClNO4S/c1-6-24(21,22)23-16-8-7-15(18)9-14(16)11-19(10-12(2)3)17(20)13(4)5/h7-9,12-13H,6,10-11H2,1-5H3. The molecule has 0 aliphatic carbocycles. The lowest BCUT2D eigenvalue weighted by molar-refractivity contribution is -0.135. The van der Waals surface area contributed by atoms with Gasteiger partial charge in [0.15, 0.2) is 0 Å². The lowest BCUT2D eigenvalue weighted by Gasteiger charge is -2.27. The number of halogens is 1. The van der Waals surface area contributed by atoms with Crippen LogP contribution in [0.2, 0.25) is 5.02 Å². The van der Waals surface area contributed by atoms with E-state index in [1.54, 1.807) is 17.0 Å². The van der Waals surface area contributed by atoms with Gasteiger partial charge in [0.05, 0.1) is 5.75 Å². The molecular formula is C17H26ClNO4S. The fourth-order valence-corrected chi connectivity index (χ4v) is 2.94. The van der Waals surface area contributed by atoms with Gasteiger partial charge in [-0.3, -0.25) is 4.79 Å². The second-order valence-electron chi connectivity index (χ2n) is 6.45. The Bertz CT molecular complexity index is 671. The van der Waals surface area contributed by atoms with Crippen molar-refractivity contribution < 1.29 is 17.4 Å². The van der Waals surface area contributed by atoms with E-state index < -0.39 is 10.1 Å². The fraction of sp³-hybridized carbons (Fsp3) is 0.588. The SMILES string of the molecule is CCS(=O)(=O)Oc1ccc(Cl)cc1CN(CC(C)C)C(=O)C(C)C. The quantitative estimate of drug-likeness (QED) is 0.650. The maximum Gasteiger partial charge on any atom is 0.308 e. The third-order valence-corrected chi connectivity index (χ3v) is 4.72. The van der Waals surface area contributed by atoms with Gasteiger partial charge in [0.25, 0.3) is 0 Å². The Kier molecular flexibility index (Phi) is 7.55. The fourth-order valence-electron chi connectivity index (χ4n) is 2.19. The molecular weight excluding hydrogens is 350 g/mol. The van der Waals surface area contributed by atoms with Crippen molar-refractivity contribution >= 4 is 27.6 Å². The van der Waals surface area contributed by atoms with Crippen LogP contribution in [0.4, 0.5) is 0 Å². The van der Waals surface area contributed by atoms with Gasteiger partial charge >= 0.3 is 10.1 Å². The van der Waals surface area contributed by atoms with Crippen molar-refractivity contribution in [1.29, 1.82) is 0 Å². The van der Waals surface area contributed by atoms with Crippen LogP contribution in [0.5, 0.6) is 5.75 Å². The first kappa shape index (κ1) is 20.8. The first-order chi connectivity index (χ1) is 11.1. The number of rotatable bonds is 8. The van der Waals surface area contributed by atoms with Crippen molar-refractivity contribution in [3.8, 4) is 5.75 Å². The highest BCUT2D eigenvalue weighted by atomic mass is 35.5. The number of benzene rings is 1. The zero-order valence-corrected chi connectivity index (χ0v) is 16.4. The normalized spacial score (nSPS) is 11.8. The second kappa shape index (κ2) is 8.72. The van der Waals surface area contributed by atoms with Gasteiger partial charge < -0.3 is 9.08 Å². The molecule has 1 rings (SSSR count). The number of amides is 1. The summed E-state index contributed by atoms with van der Waals surface area (Å²) in [7, 11) is -3.65.